The Balaban J connectivity index is 1.84. The Morgan fingerprint density at radius 1 is 1.30 bits per heavy atom. The Hall–Kier alpha value is -1.73. The summed E-state index contributed by atoms with van der Waals surface area (Å²) in [6.07, 6.45) is 0.881. The number of amides is 1. The summed E-state index contributed by atoms with van der Waals surface area (Å²) in [4.78, 5) is 12.6. The molecule has 0 saturated carbocycles. The van der Waals surface area contributed by atoms with E-state index in [2.05, 4.69) is 53.8 Å². The maximum atomic E-state index is 12.6. The topological polar surface area (TPSA) is 59.8 Å². The second-order valence-electron chi connectivity index (χ2n) is 6.22. The van der Waals surface area contributed by atoms with E-state index in [1.165, 1.54) is 11.3 Å². The van der Waals surface area contributed by atoms with Gasteiger partial charge in [0.1, 0.15) is 10.7 Å². The highest BCUT2D eigenvalue weighted by atomic mass is 32.1. The van der Waals surface area contributed by atoms with Crippen LogP contribution in [-0.4, -0.2) is 20.7 Å². The second kappa shape index (κ2) is 6.41. The van der Waals surface area contributed by atoms with Crippen molar-refractivity contribution >= 4 is 43.9 Å². The van der Waals surface area contributed by atoms with Crippen molar-refractivity contribution in [2.45, 2.75) is 40.2 Å². The summed E-state index contributed by atoms with van der Waals surface area (Å²) in [7, 11) is 0. The summed E-state index contributed by atoms with van der Waals surface area (Å²) >= 11 is 3.09. The number of rotatable bonds is 5. The molecule has 0 bridgehead atoms. The normalized spacial score (nSPS) is 11.7. The van der Waals surface area contributed by atoms with Crippen LogP contribution < -0.4 is 5.32 Å². The first-order valence-corrected chi connectivity index (χ1v) is 9.37. The van der Waals surface area contributed by atoms with Crippen LogP contribution in [0.25, 0.3) is 10.2 Å². The van der Waals surface area contributed by atoms with E-state index in [4.69, 9.17) is 0 Å². The number of carbonyl (C=O) groups is 1. The van der Waals surface area contributed by atoms with E-state index in [-0.39, 0.29) is 11.9 Å². The van der Waals surface area contributed by atoms with Crippen LogP contribution in [0.2, 0.25) is 0 Å². The molecule has 3 aromatic heterocycles. The Labute approximate surface area is 143 Å². The quantitative estimate of drug-likeness (QED) is 0.734. The first-order chi connectivity index (χ1) is 11.0. The molecule has 0 aliphatic rings. The fraction of sp³-hybridized carbons (Fsp3) is 0.438. The van der Waals surface area contributed by atoms with Crippen molar-refractivity contribution in [1.82, 2.24) is 14.8 Å². The van der Waals surface area contributed by atoms with Gasteiger partial charge in [-0.1, -0.05) is 25.2 Å². The minimum atomic E-state index is -0.130. The molecule has 0 radical (unpaired) electrons. The Morgan fingerprint density at radius 2 is 2.09 bits per heavy atom. The van der Waals surface area contributed by atoms with Gasteiger partial charge in [0.05, 0.1) is 10.2 Å². The predicted octanol–water partition coefficient (Wildman–Crippen LogP) is 4.59. The maximum absolute atomic E-state index is 12.6. The molecule has 5 nitrogen and oxygen atoms in total. The van der Waals surface area contributed by atoms with Gasteiger partial charge < -0.3 is 4.57 Å². The van der Waals surface area contributed by atoms with Crippen LogP contribution in [-0.2, 0) is 6.42 Å². The molecule has 0 fully saturated rings. The van der Waals surface area contributed by atoms with E-state index in [9.17, 15) is 4.79 Å². The summed E-state index contributed by atoms with van der Waals surface area (Å²) in [5.41, 5.74) is 1.77. The Kier molecular flexibility index (Phi) is 4.50. The van der Waals surface area contributed by atoms with Crippen molar-refractivity contribution in [2.24, 2.45) is 5.92 Å². The van der Waals surface area contributed by atoms with Crippen molar-refractivity contribution in [2.75, 3.05) is 5.32 Å². The lowest BCUT2D eigenvalue weighted by molar-refractivity contribution is 0.101. The van der Waals surface area contributed by atoms with Crippen molar-refractivity contribution < 1.29 is 4.79 Å². The summed E-state index contributed by atoms with van der Waals surface area (Å²) in [6, 6.07) is 4.22. The minimum Gasteiger partial charge on any atom is -0.333 e. The van der Waals surface area contributed by atoms with Crippen LogP contribution in [0.5, 0.6) is 0 Å². The first-order valence-electron chi connectivity index (χ1n) is 7.68. The molecular weight excluding hydrogens is 328 g/mol. The number of aromatic nitrogens is 3. The van der Waals surface area contributed by atoms with E-state index in [0.29, 0.717) is 16.7 Å². The molecule has 0 saturated heterocycles. The van der Waals surface area contributed by atoms with Crippen LogP contribution in [0.3, 0.4) is 0 Å². The van der Waals surface area contributed by atoms with E-state index in [1.54, 1.807) is 11.3 Å². The van der Waals surface area contributed by atoms with Gasteiger partial charge in [0.25, 0.3) is 5.91 Å². The fourth-order valence-corrected chi connectivity index (χ4v) is 4.33. The molecule has 0 aliphatic carbocycles. The highest BCUT2D eigenvalue weighted by Gasteiger charge is 2.19. The van der Waals surface area contributed by atoms with Crippen molar-refractivity contribution in [3.63, 3.8) is 0 Å². The molecule has 0 atom stereocenters. The molecule has 1 amide bonds. The van der Waals surface area contributed by atoms with Crippen LogP contribution in [0.15, 0.2) is 17.5 Å². The minimum absolute atomic E-state index is 0.130. The zero-order chi connectivity index (χ0) is 16.6. The van der Waals surface area contributed by atoms with Gasteiger partial charge in [0.2, 0.25) is 5.13 Å². The van der Waals surface area contributed by atoms with E-state index >= 15 is 0 Å². The van der Waals surface area contributed by atoms with Gasteiger partial charge >= 0.3 is 0 Å². The van der Waals surface area contributed by atoms with E-state index < -0.39 is 0 Å². The van der Waals surface area contributed by atoms with Crippen LogP contribution in [0, 0.1) is 5.92 Å². The molecule has 3 heterocycles. The smallest absolute Gasteiger partial charge is 0.274 e. The van der Waals surface area contributed by atoms with Gasteiger partial charge in [-0.05, 0) is 37.3 Å². The molecule has 0 aromatic carbocycles. The predicted molar refractivity (Wildman–Crippen MR) is 96.6 cm³/mol. The van der Waals surface area contributed by atoms with Crippen molar-refractivity contribution in [1.29, 1.82) is 0 Å². The maximum Gasteiger partial charge on any atom is 0.274 e. The monoisotopic (exact) mass is 348 g/mol. The summed E-state index contributed by atoms with van der Waals surface area (Å²) in [5, 5.41) is 14.7. The lowest BCUT2D eigenvalue weighted by Gasteiger charge is -2.13. The molecule has 0 spiro atoms. The molecule has 3 aromatic rings. The summed E-state index contributed by atoms with van der Waals surface area (Å²) in [6.45, 7) is 8.45. The third-order valence-electron chi connectivity index (χ3n) is 3.48. The van der Waals surface area contributed by atoms with Crippen LogP contribution >= 0.6 is 22.7 Å². The molecule has 122 valence electrons. The molecule has 7 heteroatoms. The number of fused-ring (bicyclic) bond motifs is 1. The number of nitrogens with zero attached hydrogens (tertiary/aromatic N) is 3. The van der Waals surface area contributed by atoms with Gasteiger partial charge in [-0.25, -0.2) is 0 Å². The Morgan fingerprint density at radius 3 is 2.78 bits per heavy atom. The third-order valence-corrected chi connectivity index (χ3v) is 5.19. The number of anilines is 1. The molecular formula is C16H20N4OS2. The van der Waals surface area contributed by atoms with Crippen LogP contribution in [0.4, 0.5) is 5.13 Å². The SMILES string of the molecule is CC(C)Cc1nnc(NC(=O)c2cc3sccc3n2C(C)C)s1. The van der Waals surface area contributed by atoms with Crippen LogP contribution in [0.1, 0.15) is 49.2 Å². The van der Waals surface area contributed by atoms with Crippen molar-refractivity contribution in [3.8, 4) is 0 Å². The second-order valence-corrected chi connectivity index (χ2v) is 8.23. The number of nitrogens with one attached hydrogen (secondary N) is 1. The average Bonchev–Trinajstić information content (AvgIpc) is 3.12. The zero-order valence-corrected chi connectivity index (χ0v) is 15.3. The third kappa shape index (κ3) is 3.30. The highest BCUT2D eigenvalue weighted by Crippen LogP contribution is 2.29. The summed E-state index contributed by atoms with van der Waals surface area (Å²) in [5.74, 6) is 0.394. The molecule has 0 aliphatic heterocycles. The number of carbonyl (C=O) groups excluding carboxylic acids is 1. The van der Waals surface area contributed by atoms with Gasteiger partial charge in [0.15, 0.2) is 0 Å². The largest absolute Gasteiger partial charge is 0.333 e. The van der Waals surface area contributed by atoms with E-state index in [1.807, 2.05) is 11.4 Å². The average molecular weight is 348 g/mol. The lowest BCUT2D eigenvalue weighted by atomic mass is 10.1. The number of hydrogen-bond acceptors (Lipinski definition) is 5. The zero-order valence-electron chi connectivity index (χ0n) is 13.7. The van der Waals surface area contributed by atoms with Gasteiger partial charge in [-0.3, -0.25) is 10.1 Å². The first kappa shape index (κ1) is 16.1. The number of thiophene rings is 1. The standard InChI is InChI=1S/C16H20N4OS2/c1-9(2)7-14-18-19-16(23-14)17-15(21)12-8-13-11(5-6-22-13)20(12)10(3)4/h5-6,8-10H,7H2,1-4H3,(H,17,19,21). The number of hydrogen-bond donors (Lipinski definition) is 1. The Bertz CT molecular complexity index is 828. The molecule has 1 N–H and O–H groups in total. The fourth-order valence-electron chi connectivity index (χ4n) is 2.57. The molecule has 3 rings (SSSR count). The van der Waals surface area contributed by atoms with Crippen molar-refractivity contribution in [3.05, 3.63) is 28.2 Å². The lowest BCUT2D eigenvalue weighted by Crippen LogP contribution is -2.18. The van der Waals surface area contributed by atoms with Gasteiger partial charge in [0, 0.05) is 12.5 Å². The highest BCUT2D eigenvalue weighted by molar-refractivity contribution is 7.17. The summed E-state index contributed by atoms with van der Waals surface area (Å²) < 4.78 is 3.19. The molecule has 23 heavy (non-hydrogen) atoms. The van der Waals surface area contributed by atoms with E-state index in [0.717, 1.165) is 21.6 Å². The van der Waals surface area contributed by atoms with Gasteiger partial charge in [-0.2, -0.15) is 0 Å². The molecule has 0 unspecified atom stereocenters. The van der Waals surface area contributed by atoms with Gasteiger partial charge in [-0.15, -0.1) is 21.5 Å².